The second-order valence-electron chi connectivity index (χ2n) is 5.38. The van der Waals surface area contributed by atoms with Crippen molar-refractivity contribution in [2.45, 2.75) is 52.0 Å². The largest absolute Gasteiger partial charge is 0.369 e. The molecule has 0 bridgehead atoms. The van der Waals surface area contributed by atoms with Gasteiger partial charge < -0.3 is 10.6 Å². The molecule has 0 spiro atoms. The molecule has 0 aliphatic heterocycles. The summed E-state index contributed by atoms with van der Waals surface area (Å²) in [4.78, 5) is 2.59. The molecule has 2 N–H and O–H groups in total. The molecule has 0 amide bonds. The van der Waals surface area contributed by atoms with E-state index in [0.717, 1.165) is 25.6 Å². The number of benzene rings is 1. The van der Waals surface area contributed by atoms with E-state index in [9.17, 15) is 0 Å². The summed E-state index contributed by atoms with van der Waals surface area (Å²) >= 11 is 0. The normalized spacial score (nSPS) is 16.2. The molecule has 18 heavy (non-hydrogen) atoms. The highest BCUT2D eigenvalue weighted by Crippen LogP contribution is 2.30. The first kappa shape index (κ1) is 13.4. The van der Waals surface area contributed by atoms with Crippen LogP contribution in [0.3, 0.4) is 0 Å². The first-order valence-electron chi connectivity index (χ1n) is 7.32. The Hall–Kier alpha value is -1.02. The van der Waals surface area contributed by atoms with E-state index in [4.69, 9.17) is 5.73 Å². The van der Waals surface area contributed by atoms with Gasteiger partial charge in [0.05, 0.1) is 0 Å². The smallest absolute Gasteiger partial charge is 0.0398 e. The third kappa shape index (κ3) is 2.86. The zero-order valence-corrected chi connectivity index (χ0v) is 11.8. The van der Waals surface area contributed by atoms with Crippen LogP contribution in [0.5, 0.6) is 0 Å². The fourth-order valence-electron chi connectivity index (χ4n) is 3.20. The Labute approximate surface area is 111 Å². The summed E-state index contributed by atoms with van der Waals surface area (Å²) in [6.45, 7) is 6.35. The summed E-state index contributed by atoms with van der Waals surface area (Å²) < 4.78 is 0. The van der Waals surface area contributed by atoms with Gasteiger partial charge in [-0.05, 0) is 56.8 Å². The molecule has 1 aliphatic carbocycles. The van der Waals surface area contributed by atoms with Gasteiger partial charge in [-0.2, -0.15) is 0 Å². The lowest BCUT2D eigenvalue weighted by Gasteiger charge is -2.31. The lowest BCUT2D eigenvalue weighted by molar-refractivity contribution is 0.618. The minimum absolute atomic E-state index is 0.735. The van der Waals surface area contributed by atoms with Crippen LogP contribution in [0.1, 0.15) is 43.7 Å². The van der Waals surface area contributed by atoms with Gasteiger partial charge in [0.25, 0.3) is 0 Å². The highest BCUT2D eigenvalue weighted by molar-refractivity contribution is 5.55. The fraction of sp³-hybridized carbons (Fsp3) is 0.625. The van der Waals surface area contributed by atoms with E-state index in [1.165, 1.54) is 42.5 Å². The highest BCUT2D eigenvalue weighted by atomic mass is 15.2. The van der Waals surface area contributed by atoms with Crippen molar-refractivity contribution in [3.63, 3.8) is 0 Å². The lowest BCUT2D eigenvalue weighted by atomic mass is 10.0. The molecular weight excluding hydrogens is 220 g/mol. The molecule has 100 valence electrons. The second kappa shape index (κ2) is 6.24. The van der Waals surface area contributed by atoms with Crippen molar-refractivity contribution < 1.29 is 0 Å². The van der Waals surface area contributed by atoms with Gasteiger partial charge in [0, 0.05) is 18.3 Å². The van der Waals surface area contributed by atoms with Crippen molar-refractivity contribution in [2.24, 2.45) is 5.73 Å². The molecule has 1 aliphatic rings. The SMILES string of the molecule is CCN(c1ccc(CCN)cc1C)C1CCCC1. The van der Waals surface area contributed by atoms with Gasteiger partial charge in [0.2, 0.25) is 0 Å². The standard InChI is InChI=1S/C16H26N2/c1-3-18(15-6-4-5-7-15)16-9-8-14(10-11-17)12-13(16)2/h8-9,12,15H,3-7,10-11,17H2,1-2H3. The van der Waals surface area contributed by atoms with Crippen LogP contribution in [0.2, 0.25) is 0 Å². The molecule has 1 fully saturated rings. The molecule has 0 aromatic heterocycles. The first-order chi connectivity index (χ1) is 8.76. The maximum Gasteiger partial charge on any atom is 0.0398 e. The quantitative estimate of drug-likeness (QED) is 0.864. The number of rotatable bonds is 5. The summed E-state index contributed by atoms with van der Waals surface area (Å²) in [6, 6.07) is 7.60. The minimum atomic E-state index is 0.735. The summed E-state index contributed by atoms with van der Waals surface area (Å²) in [7, 11) is 0. The Morgan fingerprint density at radius 3 is 2.56 bits per heavy atom. The molecular formula is C16H26N2. The maximum atomic E-state index is 5.62. The van der Waals surface area contributed by atoms with Crippen molar-refractivity contribution >= 4 is 5.69 Å². The number of hydrogen-bond donors (Lipinski definition) is 1. The zero-order valence-electron chi connectivity index (χ0n) is 11.8. The molecule has 2 heteroatoms. The van der Waals surface area contributed by atoms with Gasteiger partial charge >= 0.3 is 0 Å². The average molecular weight is 246 g/mol. The Bertz CT molecular complexity index is 381. The fourth-order valence-corrected chi connectivity index (χ4v) is 3.20. The molecule has 1 aromatic carbocycles. The molecule has 1 aromatic rings. The van der Waals surface area contributed by atoms with Gasteiger partial charge in [0.1, 0.15) is 0 Å². The van der Waals surface area contributed by atoms with E-state index in [1.807, 2.05) is 0 Å². The zero-order chi connectivity index (χ0) is 13.0. The number of aryl methyl sites for hydroxylation is 1. The van der Waals surface area contributed by atoms with Crippen LogP contribution in [0.4, 0.5) is 5.69 Å². The van der Waals surface area contributed by atoms with E-state index < -0.39 is 0 Å². The van der Waals surface area contributed by atoms with E-state index in [0.29, 0.717) is 0 Å². The third-order valence-corrected chi connectivity index (χ3v) is 4.11. The van der Waals surface area contributed by atoms with Crippen LogP contribution >= 0.6 is 0 Å². The van der Waals surface area contributed by atoms with Gasteiger partial charge in [-0.25, -0.2) is 0 Å². The summed E-state index contributed by atoms with van der Waals surface area (Å²) in [5, 5.41) is 0. The maximum absolute atomic E-state index is 5.62. The van der Waals surface area contributed by atoms with E-state index in [1.54, 1.807) is 0 Å². The lowest BCUT2D eigenvalue weighted by Crippen LogP contribution is -2.33. The molecule has 2 rings (SSSR count). The molecule has 1 saturated carbocycles. The van der Waals surface area contributed by atoms with Crippen LogP contribution in [0.15, 0.2) is 18.2 Å². The van der Waals surface area contributed by atoms with Gasteiger partial charge in [-0.1, -0.05) is 25.0 Å². The van der Waals surface area contributed by atoms with Crippen LogP contribution in [-0.4, -0.2) is 19.1 Å². The van der Waals surface area contributed by atoms with E-state index >= 15 is 0 Å². The van der Waals surface area contributed by atoms with Gasteiger partial charge in [-0.3, -0.25) is 0 Å². The molecule has 0 radical (unpaired) electrons. The second-order valence-corrected chi connectivity index (χ2v) is 5.38. The molecule has 0 atom stereocenters. The topological polar surface area (TPSA) is 29.3 Å². The predicted molar refractivity (Wildman–Crippen MR) is 79.2 cm³/mol. The van der Waals surface area contributed by atoms with Crippen LogP contribution in [0, 0.1) is 6.92 Å². The molecule has 0 heterocycles. The average Bonchev–Trinajstić information content (AvgIpc) is 2.87. The highest BCUT2D eigenvalue weighted by Gasteiger charge is 2.22. The van der Waals surface area contributed by atoms with Gasteiger partial charge in [0.15, 0.2) is 0 Å². The minimum Gasteiger partial charge on any atom is -0.369 e. The van der Waals surface area contributed by atoms with Crippen molar-refractivity contribution in [2.75, 3.05) is 18.0 Å². The number of anilines is 1. The number of nitrogens with zero attached hydrogens (tertiary/aromatic N) is 1. The van der Waals surface area contributed by atoms with Crippen molar-refractivity contribution in [3.05, 3.63) is 29.3 Å². The van der Waals surface area contributed by atoms with Gasteiger partial charge in [-0.15, -0.1) is 0 Å². The Morgan fingerprint density at radius 1 is 1.28 bits per heavy atom. The van der Waals surface area contributed by atoms with Crippen molar-refractivity contribution in [3.8, 4) is 0 Å². The predicted octanol–water partition coefficient (Wildman–Crippen LogP) is 3.27. The third-order valence-electron chi connectivity index (χ3n) is 4.11. The summed E-state index contributed by atoms with van der Waals surface area (Å²) in [5.74, 6) is 0. The van der Waals surface area contributed by atoms with Crippen molar-refractivity contribution in [1.29, 1.82) is 0 Å². The Balaban J connectivity index is 2.19. The summed E-state index contributed by atoms with van der Waals surface area (Å²) in [5.41, 5.74) is 9.81. The molecule has 0 unspecified atom stereocenters. The summed E-state index contributed by atoms with van der Waals surface area (Å²) in [6.07, 6.45) is 6.49. The first-order valence-corrected chi connectivity index (χ1v) is 7.32. The number of hydrogen-bond acceptors (Lipinski definition) is 2. The van der Waals surface area contributed by atoms with E-state index in [-0.39, 0.29) is 0 Å². The monoisotopic (exact) mass is 246 g/mol. The Kier molecular flexibility index (Phi) is 4.65. The van der Waals surface area contributed by atoms with Crippen LogP contribution < -0.4 is 10.6 Å². The molecule has 2 nitrogen and oxygen atoms in total. The van der Waals surface area contributed by atoms with Crippen LogP contribution in [-0.2, 0) is 6.42 Å². The Morgan fingerprint density at radius 2 is 2.00 bits per heavy atom. The number of nitrogens with two attached hydrogens (primary N) is 1. The van der Waals surface area contributed by atoms with E-state index in [2.05, 4.69) is 36.9 Å². The molecule has 0 saturated heterocycles. The van der Waals surface area contributed by atoms with Crippen LogP contribution in [0.25, 0.3) is 0 Å². The van der Waals surface area contributed by atoms with Crippen molar-refractivity contribution in [1.82, 2.24) is 0 Å².